The second kappa shape index (κ2) is 2.19. The lowest BCUT2D eigenvalue weighted by Crippen LogP contribution is -2.04. The minimum Gasteiger partial charge on any atom is -0.344 e. The summed E-state index contributed by atoms with van der Waals surface area (Å²) in [6.45, 7) is 2.31. The van der Waals surface area contributed by atoms with E-state index in [4.69, 9.17) is 0 Å². The quantitative estimate of drug-likeness (QED) is 0.481. The van der Waals surface area contributed by atoms with E-state index in [1.165, 1.54) is 19.3 Å². The molecule has 38 valence electrons. The van der Waals surface area contributed by atoms with Gasteiger partial charge in [-0.3, -0.25) is 0 Å². The van der Waals surface area contributed by atoms with Crippen molar-refractivity contribution in [3.63, 3.8) is 0 Å². The normalized spacial score (nSPS) is 21.5. The molecular formula is C5H13N. The minimum atomic E-state index is 0. The zero-order valence-corrected chi connectivity index (χ0v) is 4.41. The molecule has 0 atom stereocenters. The first-order chi connectivity index (χ1) is 2.39. The Bertz CT molecular complexity index is 30.9. The lowest BCUT2D eigenvalue weighted by atomic mass is 9.88. The number of rotatable bonds is 0. The Kier molecular flexibility index (Phi) is 2.18. The molecule has 0 aromatic rings. The molecule has 0 bridgehead atoms. The van der Waals surface area contributed by atoms with Crippen molar-refractivity contribution < 1.29 is 0 Å². The van der Waals surface area contributed by atoms with Gasteiger partial charge in [0.05, 0.1) is 0 Å². The summed E-state index contributed by atoms with van der Waals surface area (Å²) in [5.74, 6) is 1.06. The predicted octanol–water partition coefficient (Wildman–Crippen LogP) is 1.97. The van der Waals surface area contributed by atoms with Gasteiger partial charge in [-0.2, -0.15) is 0 Å². The standard InChI is InChI=1S/C5H10.H3N/c1-5-3-2-4-5;/h5H,2-4H2,1H3;1H3. The third-order valence-electron chi connectivity index (χ3n) is 1.39. The molecule has 0 aromatic heterocycles. The molecule has 0 spiro atoms. The van der Waals surface area contributed by atoms with Crippen molar-refractivity contribution in [2.45, 2.75) is 26.2 Å². The van der Waals surface area contributed by atoms with Crippen LogP contribution in [0.4, 0.5) is 0 Å². The third-order valence-corrected chi connectivity index (χ3v) is 1.39. The van der Waals surface area contributed by atoms with Crippen LogP contribution in [0.25, 0.3) is 0 Å². The average Bonchev–Trinajstić information content (AvgIpc) is 1.30. The maximum atomic E-state index is 2.31. The number of hydrogen-bond acceptors (Lipinski definition) is 1. The molecule has 1 rings (SSSR count). The van der Waals surface area contributed by atoms with Gasteiger partial charge >= 0.3 is 0 Å². The molecule has 0 amide bonds. The van der Waals surface area contributed by atoms with E-state index >= 15 is 0 Å². The maximum Gasteiger partial charge on any atom is -0.0443 e. The smallest absolute Gasteiger partial charge is 0.0443 e. The van der Waals surface area contributed by atoms with Gasteiger partial charge in [-0.25, -0.2) is 0 Å². The number of hydrogen-bond donors (Lipinski definition) is 1. The first-order valence-corrected chi connectivity index (χ1v) is 2.39. The van der Waals surface area contributed by atoms with Crippen molar-refractivity contribution in [3.8, 4) is 0 Å². The lowest BCUT2D eigenvalue weighted by molar-refractivity contribution is 0.346. The van der Waals surface area contributed by atoms with Crippen molar-refractivity contribution in [1.29, 1.82) is 0 Å². The van der Waals surface area contributed by atoms with Crippen molar-refractivity contribution in [2.75, 3.05) is 0 Å². The summed E-state index contributed by atoms with van der Waals surface area (Å²) >= 11 is 0. The third kappa shape index (κ3) is 0.977. The summed E-state index contributed by atoms with van der Waals surface area (Å²) in [6, 6.07) is 0. The Labute approximate surface area is 39.3 Å². The molecule has 0 radical (unpaired) electrons. The summed E-state index contributed by atoms with van der Waals surface area (Å²) in [6.07, 6.45) is 4.46. The minimum absolute atomic E-state index is 0. The van der Waals surface area contributed by atoms with Gasteiger partial charge in [0.1, 0.15) is 0 Å². The van der Waals surface area contributed by atoms with Crippen LogP contribution in [0.5, 0.6) is 0 Å². The SMILES string of the molecule is CC1CCC1.N. The van der Waals surface area contributed by atoms with Crippen LogP contribution in [0, 0.1) is 5.92 Å². The highest BCUT2D eigenvalue weighted by Crippen LogP contribution is 2.24. The van der Waals surface area contributed by atoms with E-state index in [0.717, 1.165) is 5.92 Å². The van der Waals surface area contributed by atoms with Crippen LogP contribution in [-0.2, 0) is 0 Å². The van der Waals surface area contributed by atoms with E-state index in [1.54, 1.807) is 0 Å². The molecule has 0 saturated heterocycles. The largest absolute Gasteiger partial charge is 0.344 e. The second-order valence-electron chi connectivity index (χ2n) is 2.04. The molecular weight excluding hydrogens is 74.1 g/mol. The summed E-state index contributed by atoms with van der Waals surface area (Å²) in [5, 5.41) is 0. The molecule has 1 fully saturated rings. The Morgan fingerprint density at radius 3 is 1.67 bits per heavy atom. The zero-order valence-electron chi connectivity index (χ0n) is 4.41. The monoisotopic (exact) mass is 87.1 g/mol. The lowest BCUT2D eigenvalue weighted by Gasteiger charge is -2.18. The van der Waals surface area contributed by atoms with E-state index in [1.807, 2.05) is 0 Å². The van der Waals surface area contributed by atoms with Crippen LogP contribution in [0.2, 0.25) is 0 Å². The summed E-state index contributed by atoms with van der Waals surface area (Å²) in [5.41, 5.74) is 0. The first kappa shape index (κ1) is 5.96. The highest BCUT2D eigenvalue weighted by molar-refractivity contribution is 4.62. The first-order valence-electron chi connectivity index (χ1n) is 2.39. The summed E-state index contributed by atoms with van der Waals surface area (Å²) < 4.78 is 0. The van der Waals surface area contributed by atoms with E-state index in [9.17, 15) is 0 Å². The van der Waals surface area contributed by atoms with Crippen LogP contribution < -0.4 is 6.15 Å². The highest BCUT2D eigenvalue weighted by Gasteiger charge is 2.09. The van der Waals surface area contributed by atoms with Gasteiger partial charge < -0.3 is 6.15 Å². The topological polar surface area (TPSA) is 35.0 Å². The highest BCUT2D eigenvalue weighted by atomic mass is 14.1. The molecule has 1 heteroatoms. The summed E-state index contributed by atoms with van der Waals surface area (Å²) in [4.78, 5) is 0. The average molecular weight is 87.2 g/mol. The fourth-order valence-corrected chi connectivity index (χ4v) is 0.612. The molecule has 0 unspecified atom stereocenters. The van der Waals surface area contributed by atoms with Gasteiger partial charge in [-0.1, -0.05) is 26.2 Å². The van der Waals surface area contributed by atoms with Gasteiger partial charge in [0.25, 0.3) is 0 Å². The molecule has 0 heterocycles. The van der Waals surface area contributed by atoms with Crippen LogP contribution >= 0.6 is 0 Å². The van der Waals surface area contributed by atoms with Crippen LogP contribution in [-0.4, -0.2) is 0 Å². The summed E-state index contributed by atoms with van der Waals surface area (Å²) in [7, 11) is 0. The molecule has 3 N–H and O–H groups in total. The maximum absolute atomic E-state index is 2.31. The van der Waals surface area contributed by atoms with Gasteiger partial charge in [0, 0.05) is 0 Å². The van der Waals surface area contributed by atoms with Crippen molar-refractivity contribution in [3.05, 3.63) is 0 Å². The Balaban J connectivity index is 0.000000250. The Morgan fingerprint density at radius 1 is 1.33 bits per heavy atom. The van der Waals surface area contributed by atoms with Crippen molar-refractivity contribution >= 4 is 0 Å². The fourth-order valence-electron chi connectivity index (χ4n) is 0.612. The van der Waals surface area contributed by atoms with Crippen molar-refractivity contribution in [2.24, 2.45) is 5.92 Å². The molecule has 6 heavy (non-hydrogen) atoms. The van der Waals surface area contributed by atoms with Crippen LogP contribution in [0.15, 0.2) is 0 Å². The van der Waals surface area contributed by atoms with Gasteiger partial charge in [-0.15, -0.1) is 0 Å². The second-order valence-corrected chi connectivity index (χ2v) is 2.04. The van der Waals surface area contributed by atoms with Gasteiger partial charge in [-0.05, 0) is 5.92 Å². The van der Waals surface area contributed by atoms with E-state index in [-0.39, 0.29) is 6.15 Å². The Morgan fingerprint density at radius 2 is 1.67 bits per heavy atom. The fraction of sp³-hybridized carbons (Fsp3) is 1.00. The molecule has 1 nitrogen and oxygen atoms in total. The Hall–Kier alpha value is -0.0400. The van der Waals surface area contributed by atoms with Crippen LogP contribution in [0.3, 0.4) is 0 Å². The van der Waals surface area contributed by atoms with Crippen LogP contribution in [0.1, 0.15) is 26.2 Å². The van der Waals surface area contributed by atoms with E-state index in [2.05, 4.69) is 6.92 Å². The van der Waals surface area contributed by atoms with E-state index < -0.39 is 0 Å². The van der Waals surface area contributed by atoms with Crippen molar-refractivity contribution in [1.82, 2.24) is 6.15 Å². The van der Waals surface area contributed by atoms with E-state index in [0.29, 0.717) is 0 Å². The zero-order chi connectivity index (χ0) is 3.70. The molecule has 1 saturated carbocycles. The molecule has 0 aromatic carbocycles. The predicted molar refractivity (Wildman–Crippen MR) is 28.0 cm³/mol. The molecule has 1 aliphatic rings. The molecule has 0 aliphatic heterocycles. The van der Waals surface area contributed by atoms with Gasteiger partial charge in [0.15, 0.2) is 0 Å². The van der Waals surface area contributed by atoms with Gasteiger partial charge in [0.2, 0.25) is 0 Å². The molecule has 1 aliphatic carbocycles.